The minimum atomic E-state index is 0.442. The third-order valence-electron chi connectivity index (χ3n) is 1.07. The largest absolute Gasteiger partial charge is 0.283 e. The first kappa shape index (κ1) is 8.93. The van der Waals surface area contributed by atoms with Gasteiger partial charge in [-0.05, 0) is 0 Å². The van der Waals surface area contributed by atoms with Gasteiger partial charge in [0.15, 0.2) is 0 Å². The molecule has 0 heterocycles. The van der Waals surface area contributed by atoms with Crippen molar-refractivity contribution in [2.24, 2.45) is 0 Å². The van der Waals surface area contributed by atoms with Crippen LogP contribution in [0.4, 0.5) is 0 Å². The van der Waals surface area contributed by atoms with Gasteiger partial charge < -0.3 is 0 Å². The molecule has 0 aliphatic rings. The molecule has 0 aliphatic heterocycles. The Morgan fingerprint density at radius 1 is 1.30 bits per heavy atom. The fourth-order valence-electron chi connectivity index (χ4n) is 0.669. The third-order valence-corrected chi connectivity index (χ3v) is 1.07. The summed E-state index contributed by atoms with van der Waals surface area (Å²) in [6.45, 7) is 9.10. The van der Waals surface area contributed by atoms with Crippen LogP contribution in [0, 0.1) is 11.3 Å². The van der Waals surface area contributed by atoms with Crippen molar-refractivity contribution in [3.63, 3.8) is 0 Å². The SMILES string of the molecule is C=CCN(CC#N)CC=C. The van der Waals surface area contributed by atoms with Gasteiger partial charge in [-0.15, -0.1) is 13.2 Å². The first-order valence-corrected chi connectivity index (χ1v) is 3.16. The molecule has 54 valence electrons. The number of hydrogen-bond donors (Lipinski definition) is 0. The predicted molar refractivity (Wildman–Crippen MR) is 42.4 cm³/mol. The van der Waals surface area contributed by atoms with Crippen molar-refractivity contribution < 1.29 is 0 Å². The van der Waals surface area contributed by atoms with E-state index in [9.17, 15) is 0 Å². The Balaban J connectivity index is 3.61. The molecule has 0 bridgehead atoms. The lowest BCUT2D eigenvalue weighted by atomic mass is 10.4. The minimum absolute atomic E-state index is 0.442. The minimum Gasteiger partial charge on any atom is -0.283 e. The summed E-state index contributed by atoms with van der Waals surface area (Å²) < 4.78 is 0. The summed E-state index contributed by atoms with van der Waals surface area (Å²) in [5, 5.41) is 8.33. The fraction of sp³-hybridized carbons (Fsp3) is 0.375. The van der Waals surface area contributed by atoms with Crippen LogP contribution >= 0.6 is 0 Å². The van der Waals surface area contributed by atoms with E-state index in [-0.39, 0.29) is 0 Å². The highest BCUT2D eigenvalue weighted by atomic mass is 15.1. The second-order valence-corrected chi connectivity index (χ2v) is 1.93. The van der Waals surface area contributed by atoms with Gasteiger partial charge in [-0.2, -0.15) is 5.26 Å². The number of nitriles is 1. The van der Waals surface area contributed by atoms with Gasteiger partial charge in [0.25, 0.3) is 0 Å². The summed E-state index contributed by atoms with van der Waals surface area (Å²) in [6, 6.07) is 2.07. The smallest absolute Gasteiger partial charge is 0.0871 e. The zero-order valence-electron chi connectivity index (χ0n) is 6.08. The molecular weight excluding hydrogens is 124 g/mol. The van der Waals surface area contributed by atoms with Crippen LogP contribution in [0.5, 0.6) is 0 Å². The van der Waals surface area contributed by atoms with E-state index in [2.05, 4.69) is 19.2 Å². The Labute approximate surface area is 62.1 Å². The number of nitrogens with zero attached hydrogens (tertiary/aromatic N) is 2. The summed E-state index contributed by atoms with van der Waals surface area (Å²) in [5.74, 6) is 0. The Kier molecular flexibility index (Phi) is 5.41. The average Bonchev–Trinajstić information content (AvgIpc) is 1.90. The van der Waals surface area contributed by atoms with E-state index in [0.29, 0.717) is 6.54 Å². The molecule has 0 aliphatic carbocycles. The van der Waals surface area contributed by atoms with E-state index in [4.69, 9.17) is 5.26 Å². The molecule has 0 unspecified atom stereocenters. The Bertz CT molecular complexity index is 134. The lowest BCUT2D eigenvalue weighted by Crippen LogP contribution is -2.23. The zero-order chi connectivity index (χ0) is 7.82. The van der Waals surface area contributed by atoms with Gasteiger partial charge in [-0.1, -0.05) is 12.2 Å². The van der Waals surface area contributed by atoms with Crippen molar-refractivity contribution >= 4 is 0 Å². The molecule has 0 spiro atoms. The topological polar surface area (TPSA) is 27.0 Å². The van der Waals surface area contributed by atoms with Crippen molar-refractivity contribution in [2.45, 2.75) is 0 Å². The van der Waals surface area contributed by atoms with E-state index in [1.54, 1.807) is 12.2 Å². The zero-order valence-corrected chi connectivity index (χ0v) is 6.08. The molecule has 2 nitrogen and oxygen atoms in total. The van der Waals surface area contributed by atoms with Crippen LogP contribution in [-0.4, -0.2) is 24.5 Å². The monoisotopic (exact) mass is 136 g/mol. The first-order valence-electron chi connectivity index (χ1n) is 3.16. The third kappa shape index (κ3) is 3.88. The maximum atomic E-state index is 8.33. The van der Waals surface area contributed by atoms with Gasteiger partial charge in [0.05, 0.1) is 12.6 Å². The van der Waals surface area contributed by atoms with Crippen LogP contribution in [-0.2, 0) is 0 Å². The van der Waals surface area contributed by atoms with E-state index in [1.807, 2.05) is 4.90 Å². The summed E-state index contributed by atoms with van der Waals surface area (Å²) >= 11 is 0. The highest BCUT2D eigenvalue weighted by Crippen LogP contribution is 1.86. The van der Waals surface area contributed by atoms with Crippen LogP contribution in [0.25, 0.3) is 0 Å². The number of rotatable bonds is 5. The van der Waals surface area contributed by atoms with Gasteiger partial charge in [0.1, 0.15) is 0 Å². The molecular formula is C8H12N2. The Hall–Kier alpha value is -1.07. The first-order chi connectivity index (χ1) is 4.85. The van der Waals surface area contributed by atoms with Gasteiger partial charge in [-0.3, -0.25) is 4.90 Å². The number of hydrogen-bond acceptors (Lipinski definition) is 2. The summed E-state index contributed by atoms with van der Waals surface area (Å²) in [6.07, 6.45) is 3.56. The van der Waals surface area contributed by atoms with Crippen molar-refractivity contribution in [1.82, 2.24) is 4.90 Å². The standard InChI is InChI=1S/C8H12N2/c1-3-6-10(7-4-2)8-5-9/h3-4H,1-2,6-8H2. The van der Waals surface area contributed by atoms with Crippen molar-refractivity contribution in [1.29, 1.82) is 5.26 Å². The molecule has 2 heteroatoms. The second kappa shape index (κ2) is 6.06. The van der Waals surface area contributed by atoms with Crippen LogP contribution in [0.1, 0.15) is 0 Å². The van der Waals surface area contributed by atoms with Gasteiger partial charge in [-0.25, -0.2) is 0 Å². The molecule has 0 rings (SSSR count). The summed E-state index contributed by atoms with van der Waals surface area (Å²) in [7, 11) is 0. The second-order valence-electron chi connectivity index (χ2n) is 1.93. The van der Waals surface area contributed by atoms with Crippen LogP contribution in [0.3, 0.4) is 0 Å². The molecule has 10 heavy (non-hydrogen) atoms. The average molecular weight is 136 g/mol. The van der Waals surface area contributed by atoms with E-state index in [0.717, 1.165) is 13.1 Å². The molecule has 0 radical (unpaired) electrons. The summed E-state index contributed by atoms with van der Waals surface area (Å²) in [5.41, 5.74) is 0. The van der Waals surface area contributed by atoms with E-state index in [1.165, 1.54) is 0 Å². The molecule has 0 atom stereocenters. The van der Waals surface area contributed by atoms with Crippen molar-refractivity contribution in [3.05, 3.63) is 25.3 Å². The lowest BCUT2D eigenvalue weighted by molar-refractivity contribution is 0.377. The molecule has 0 amide bonds. The lowest BCUT2D eigenvalue weighted by Gasteiger charge is -2.12. The van der Waals surface area contributed by atoms with Crippen LogP contribution in [0.2, 0.25) is 0 Å². The maximum absolute atomic E-state index is 8.33. The molecule has 0 N–H and O–H groups in total. The van der Waals surface area contributed by atoms with E-state index < -0.39 is 0 Å². The Morgan fingerprint density at radius 3 is 2.10 bits per heavy atom. The molecule has 0 aromatic heterocycles. The molecule has 0 fully saturated rings. The van der Waals surface area contributed by atoms with Gasteiger partial charge >= 0.3 is 0 Å². The normalized spacial score (nSPS) is 8.80. The van der Waals surface area contributed by atoms with Crippen molar-refractivity contribution in [3.8, 4) is 6.07 Å². The highest BCUT2D eigenvalue weighted by Gasteiger charge is 1.96. The van der Waals surface area contributed by atoms with Gasteiger partial charge in [0, 0.05) is 13.1 Å². The van der Waals surface area contributed by atoms with Gasteiger partial charge in [0.2, 0.25) is 0 Å². The van der Waals surface area contributed by atoms with E-state index >= 15 is 0 Å². The fourth-order valence-corrected chi connectivity index (χ4v) is 0.669. The van der Waals surface area contributed by atoms with Crippen molar-refractivity contribution in [2.75, 3.05) is 19.6 Å². The predicted octanol–water partition coefficient (Wildman–Crippen LogP) is 1.18. The summed E-state index contributed by atoms with van der Waals surface area (Å²) in [4.78, 5) is 1.94. The maximum Gasteiger partial charge on any atom is 0.0871 e. The Morgan fingerprint density at radius 2 is 1.80 bits per heavy atom. The quantitative estimate of drug-likeness (QED) is 0.419. The highest BCUT2D eigenvalue weighted by molar-refractivity contribution is 4.85. The van der Waals surface area contributed by atoms with Crippen LogP contribution < -0.4 is 0 Å². The molecule has 0 saturated carbocycles. The van der Waals surface area contributed by atoms with Crippen LogP contribution in [0.15, 0.2) is 25.3 Å². The molecule has 0 aromatic carbocycles. The molecule has 0 saturated heterocycles. The molecule has 0 aromatic rings.